The summed E-state index contributed by atoms with van der Waals surface area (Å²) in [6, 6.07) is 1.68. The number of carbonyl (C=O) groups excluding carboxylic acids is 1. The zero-order valence-corrected chi connectivity index (χ0v) is 10.7. The molecule has 1 aliphatic rings. The predicted octanol–water partition coefficient (Wildman–Crippen LogP) is 1.99. The van der Waals surface area contributed by atoms with Crippen LogP contribution in [0.2, 0.25) is 0 Å². The minimum absolute atomic E-state index is 0.00123. The van der Waals surface area contributed by atoms with Crippen molar-refractivity contribution < 1.29 is 13.7 Å². The van der Waals surface area contributed by atoms with Gasteiger partial charge in [0.15, 0.2) is 5.82 Å². The van der Waals surface area contributed by atoms with E-state index in [1.807, 2.05) is 4.90 Å². The molecule has 2 aromatic heterocycles. The van der Waals surface area contributed by atoms with Crippen molar-refractivity contribution >= 4 is 5.91 Å². The zero-order chi connectivity index (χ0) is 13.2. The van der Waals surface area contributed by atoms with Crippen LogP contribution < -0.4 is 0 Å². The Bertz CT molecular complexity index is 561. The van der Waals surface area contributed by atoms with Crippen LogP contribution in [-0.4, -0.2) is 34.0 Å². The Labute approximate surface area is 110 Å². The Morgan fingerprint density at radius 1 is 1.53 bits per heavy atom. The van der Waals surface area contributed by atoms with E-state index in [-0.39, 0.29) is 11.8 Å². The highest BCUT2D eigenvalue weighted by atomic mass is 16.5. The van der Waals surface area contributed by atoms with E-state index in [0.717, 1.165) is 19.4 Å². The lowest BCUT2D eigenvalue weighted by Gasteiger charge is -2.30. The van der Waals surface area contributed by atoms with Gasteiger partial charge in [-0.1, -0.05) is 5.16 Å². The molecule has 0 bridgehead atoms. The van der Waals surface area contributed by atoms with Crippen LogP contribution in [0.4, 0.5) is 0 Å². The normalized spacial score (nSPS) is 19.6. The van der Waals surface area contributed by atoms with Crippen molar-refractivity contribution in [3.8, 4) is 0 Å². The van der Waals surface area contributed by atoms with Crippen LogP contribution >= 0.6 is 0 Å². The Morgan fingerprint density at radius 2 is 2.42 bits per heavy atom. The minimum Gasteiger partial charge on any atom is -0.472 e. The van der Waals surface area contributed by atoms with E-state index in [9.17, 15) is 4.79 Å². The Kier molecular flexibility index (Phi) is 3.06. The van der Waals surface area contributed by atoms with Crippen LogP contribution in [0.1, 0.15) is 40.8 Å². The number of nitrogens with zero attached hydrogens (tertiary/aromatic N) is 3. The molecule has 2 aromatic rings. The fourth-order valence-corrected chi connectivity index (χ4v) is 2.42. The summed E-state index contributed by atoms with van der Waals surface area (Å²) in [5, 5.41) is 3.95. The molecule has 1 aliphatic heterocycles. The number of rotatable bonds is 2. The van der Waals surface area contributed by atoms with Gasteiger partial charge in [-0.3, -0.25) is 4.79 Å². The molecule has 0 radical (unpaired) electrons. The molecule has 1 fully saturated rings. The number of aromatic nitrogens is 2. The highest BCUT2D eigenvalue weighted by molar-refractivity contribution is 5.93. The first-order chi connectivity index (χ1) is 9.24. The fraction of sp³-hybridized carbons (Fsp3) is 0.462. The lowest BCUT2D eigenvalue weighted by Crippen LogP contribution is -2.39. The summed E-state index contributed by atoms with van der Waals surface area (Å²) in [4.78, 5) is 18.3. The fourth-order valence-electron chi connectivity index (χ4n) is 2.42. The summed E-state index contributed by atoms with van der Waals surface area (Å²) >= 11 is 0. The van der Waals surface area contributed by atoms with E-state index in [4.69, 9.17) is 8.94 Å². The molecule has 0 aromatic carbocycles. The second-order valence-electron chi connectivity index (χ2n) is 4.77. The number of piperidine rings is 1. The van der Waals surface area contributed by atoms with Gasteiger partial charge in [0, 0.05) is 25.9 Å². The first-order valence-corrected chi connectivity index (χ1v) is 6.35. The highest BCUT2D eigenvalue weighted by Crippen LogP contribution is 2.25. The topological polar surface area (TPSA) is 72.4 Å². The Hall–Kier alpha value is -2.11. The number of aryl methyl sites for hydroxylation is 1. The van der Waals surface area contributed by atoms with Crippen LogP contribution in [0.3, 0.4) is 0 Å². The van der Waals surface area contributed by atoms with Crippen molar-refractivity contribution in [2.45, 2.75) is 25.7 Å². The third-order valence-corrected chi connectivity index (χ3v) is 3.39. The van der Waals surface area contributed by atoms with Crippen molar-refractivity contribution in [1.82, 2.24) is 15.0 Å². The van der Waals surface area contributed by atoms with Crippen molar-refractivity contribution in [2.75, 3.05) is 13.1 Å². The highest BCUT2D eigenvalue weighted by Gasteiger charge is 2.28. The molecule has 0 aliphatic carbocycles. The molecule has 1 atom stereocenters. The van der Waals surface area contributed by atoms with Gasteiger partial charge >= 0.3 is 0 Å². The lowest BCUT2D eigenvalue weighted by atomic mass is 9.97. The number of furan rings is 1. The Morgan fingerprint density at radius 3 is 3.11 bits per heavy atom. The van der Waals surface area contributed by atoms with Gasteiger partial charge in [-0.15, -0.1) is 0 Å². The van der Waals surface area contributed by atoms with Crippen molar-refractivity contribution in [2.24, 2.45) is 0 Å². The molecule has 6 heteroatoms. The molecule has 19 heavy (non-hydrogen) atoms. The Balaban J connectivity index is 1.73. The summed E-state index contributed by atoms with van der Waals surface area (Å²) in [7, 11) is 0. The van der Waals surface area contributed by atoms with Crippen molar-refractivity contribution in [1.29, 1.82) is 0 Å². The largest absolute Gasteiger partial charge is 0.472 e. The van der Waals surface area contributed by atoms with Gasteiger partial charge in [0.25, 0.3) is 5.91 Å². The third kappa shape index (κ3) is 2.38. The van der Waals surface area contributed by atoms with Crippen LogP contribution in [0, 0.1) is 6.92 Å². The van der Waals surface area contributed by atoms with Crippen LogP contribution in [-0.2, 0) is 0 Å². The molecule has 0 saturated carbocycles. The molecule has 3 heterocycles. The minimum atomic E-state index is -0.00123. The van der Waals surface area contributed by atoms with E-state index < -0.39 is 0 Å². The van der Waals surface area contributed by atoms with Gasteiger partial charge in [-0.05, 0) is 18.9 Å². The van der Waals surface area contributed by atoms with Gasteiger partial charge in [0.1, 0.15) is 6.26 Å². The van der Waals surface area contributed by atoms with Crippen LogP contribution in [0.15, 0.2) is 27.5 Å². The van der Waals surface area contributed by atoms with E-state index in [0.29, 0.717) is 23.8 Å². The number of carbonyl (C=O) groups is 1. The van der Waals surface area contributed by atoms with Crippen molar-refractivity contribution in [3.63, 3.8) is 0 Å². The molecule has 6 nitrogen and oxygen atoms in total. The lowest BCUT2D eigenvalue weighted by molar-refractivity contribution is 0.0703. The van der Waals surface area contributed by atoms with Crippen LogP contribution in [0.5, 0.6) is 0 Å². The van der Waals surface area contributed by atoms with E-state index in [1.54, 1.807) is 13.0 Å². The number of amides is 1. The monoisotopic (exact) mass is 261 g/mol. The van der Waals surface area contributed by atoms with E-state index >= 15 is 0 Å². The summed E-state index contributed by atoms with van der Waals surface area (Å²) in [5.41, 5.74) is 0.588. The summed E-state index contributed by atoms with van der Waals surface area (Å²) in [5.74, 6) is 1.41. The number of hydrogen-bond acceptors (Lipinski definition) is 5. The molecule has 1 saturated heterocycles. The molecule has 3 rings (SSSR count). The van der Waals surface area contributed by atoms with E-state index in [1.165, 1.54) is 12.5 Å². The molecular weight excluding hydrogens is 246 g/mol. The maximum absolute atomic E-state index is 12.2. The number of hydrogen-bond donors (Lipinski definition) is 0. The average Bonchev–Trinajstić information content (AvgIpc) is 3.09. The second kappa shape index (κ2) is 4.87. The average molecular weight is 261 g/mol. The van der Waals surface area contributed by atoms with Gasteiger partial charge in [0.2, 0.25) is 5.89 Å². The zero-order valence-electron chi connectivity index (χ0n) is 10.7. The SMILES string of the molecule is Cc1nc([C@H]2CCCN(C(=O)c3ccoc3)C2)no1. The molecule has 100 valence electrons. The summed E-state index contributed by atoms with van der Waals surface area (Å²) in [6.45, 7) is 3.16. The summed E-state index contributed by atoms with van der Waals surface area (Å²) < 4.78 is 9.96. The molecule has 0 spiro atoms. The molecule has 0 unspecified atom stereocenters. The number of likely N-dealkylation sites (tertiary alicyclic amines) is 1. The third-order valence-electron chi connectivity index (χ3n) is 3.39. The second-order valence-corrected chi connectivity index (χ2v) is 4.77. The first kappa shape index (κ1) is 12.0. The quantitative estimate of drug-likeness (QED) is 0.826. The smallest absolute Gasteiger partial charge is 0.257 e. The van der Waals surface area contributed by atoms with Crippen molar-refractivity contribution in [3.05, 3.63) is 35.9 Å². The standard InChI is InChI=1S/C13H15N3O3/c1-9-14-12(15-19-9)10-3-2-5-16(7-10)13(17)11-4-6-18-8-11/h4,6,8,10H,2-3,5,7H2,1H3/t10-/m0/s1. The van der Waals surface area contributed by atoms with Gasteiger partial charge in [0.05, 0.1) is 11.8 Å². The maximum Gasteiger partial charge on any atom is 0.257 e. The molecule has 0 N–H and O–H groups in total. The predicted molar refractivity (Wildman–Crippen MR) is 65.6 cm³/mol. The van der Waals surface area contributed by atoms with Gasteiger partial charge < -0.3 is 13.8 Å². The van der Waals surface area contributed by atoms with Gasteiger partial charge in [-0.2, -0.15) is 4.98 Å². The van der Waals surface area contributed by atoms with Gasteiger partial charge in [-0.25, -0.2) is 0 Å². The molecule has 1 amide bonds. The molecular formula is C13H15N3O3. The van der Waals surface area contributed by atoms with Crippen LogP contribution in [0.25, 0.3) is 0 Å². The summed E-state index contributed by atoms with van der Waals surface area (Å²) in [6.07, 6.45) is 4.91. The maximum atomic E-state index is 12.2. The first-order valence-electron chi connectivity index (χ1n) is 6.35. The van der Waals surface area contributed by atoms with E-state index in [2.05, 4.69) is 10.1 Å².